The molecule has 0 saturated carbocycles. The van der Waals surface area contributed by atoms with E-state index in [1.807, 2.05) is 32.0 Å². The number of alkyl carbamates (subject to hydrolysis) is 1. The molecule has 0 spiro atoms. The maximum Gasteiger partial charge on any atom is 0.408 e. The van der Waals surface area contributed by atoms with Crippen LogP contribution in [-0.2, 0) is 14.3 Å². The number of hydrogen-bond acceptors (Lipinski definition) is 5. The Morgan fingerprint density at radius 3 is 2.17 bits per heavy atom. The summed E-state index contributed by atoms with van der Waals surface area (Å²) >= 11 is 0. The smallest absolute Gasteiger partial charge is 0.408 e. The first-order chi connectivity index (χ1) is 19.4. The maximum absolute atomic E-state index is 14.0. The van der Waals surface area contributed by atoms with E-state index in [-0.39, 0.29) is 11.8 Å². The normalized spacial score (nSPS) is 12.7. The van der Waals surface area contributed by atoms with Crippen LogP contribution in [0.15, 0.2) is 42.5 Å². The van der Waals surface area contributed by atoms with Crippen LogP contribution in [0.4, 0.5) is 10.5 Å². The highest BCUT2D eigenvalue weighted by atomic mass is 16.6. The Bertz CT molecular complexity index is 1140. The second-order valence-electron chi connectivity index (χ2n) is 11.6. The highest BCUT2D eigenvalue weighted by molar-refractivity contribution is 5.99. The van der Waals surface area contributed by atoms with Crippen molar-refractivity contribution in [3.05, 3.63) is 59.2 Å². The topological polar surface area (TPSA) is 97.0 Å². The zero-order valence-corrected chi connectivity index (χ0v) is 26.1. The molecule has 2 rings (SSSR count). The van der Waals surface area contributed by atoms with Crippen molar-refractivity contribution in [3.63, 3.8) is 0 Å². The van der Waals surface area contributed by atoms with Gasteiger partial charge in [-0.2, -0.15) is 0 Å². The summed E-state index contributed by atoms with van der Waals surface area (Å²) in [5.74, 6) is 0.00358. The lowest BCUT2D eigenvalue weighted by molar-refractivity contribution is -0.140. The van der Waals surface area contributed by atoms with Crippen LogP contribution in [0.25, 0.3) is 0 Å². The summed E-state index contributed by atoms with van der Waals surface area (Å²) in [7, 11) is 1.59. The summed E-state index contributed by atoms with van der Waals surface area (Å²) in [6.07, 6.45) is 5.54. The molecule has 0 bridgehead atoms. The largest absolute Gasteiger partial charge is 0.497 e. The van der Waals surface area contributed by atoms with E-state index >= 15 is 0 Å². The van der Waals surface area contributed by atoms with E-state index in [0.29, 0.717) is 18.0 Å². The summed E-state index contributed by atoms with van der Waals surface area (Å²) in [6.45, 7) is 13.4. The molecule has 0 aromatic heterocycles. The van der Waals surface area contributed by atoms with Crippen molar-refractivity contribution in [1.82, 2.24) is 10.2 Å². The van der Waals surface area contributed by atoms with Crippen LogP contribution in [0.2, 0.25) is 0 Å². The number of aryl methyl sites for hydroxylation is 2. The van der Waals surface area contributed by atoms with Crippen molar-refractivity contribution in [2.24, 2.45) is 0 Å². The first-order valence-corrected chi connectivity index (χ1v) is 14.7. The molecule has 3 amide bonds. The van der Waals surface area contributed by atoms with Crippen LogP contribution in [0.1, 0.15) is 95.9 Å². The fourth-order valence-electron chi connectivity index (χ4n) is 4.61. The van der Waals surface area contributed by atoms with Gasteiger partial charge in [-0.3, -0.25) is 9.59 Å². The van der Waals surface area contributed by atoms with Crippen LogP contribution in [0, 0.1) is 13.8 Å². The second-order valence-corrected chi connectivity index (χ2v) is 11.6. The summed E-state index contributed by atoms with van der Waals surface area (Å²) < 4.78 is 10.6. The molecule has 41 heavy (non-hydrogen) atoms. The predicted octanol–water partition coefficient (Wildman–Crippen LogP) is 7.09. The van der Waals surface area contributed by atoms with Gasteiger partial charge in [0.05, 0.1) is 7.11 Å². The minimum absolute atomic E-state index is 0.326. The van der Waals surface area contributed by atoms with Crippen LogP contribution in [-0.4, -0.2) is 48.1 Å². The summed E-state index contributed by atoms with van der Waals surface area (Å²) in [5, 5.41) is 5.67. The van der Waals surface area contributed by atoms with Gasteiger partial charge in [0.15, 0.2) is 0 Å². The molecular weight excluding hydrogens is 518 g/mol. The third-order valence-corrected chi connectivity index (χ3v) is 6.79. The van der Waals surface area contributed by atoms with Crippen LogP contribution in [0.3, 0.4) is 0 Å². The Labute approximate surface area is 246 Å². The molecule has 0 aliphatic carbocycles. The Morgan fingerprint density at radius 1 is 0.927 bits per heavy atom. The number of unbranched alkanes of at least 4 members (excludes halogenated alkanes) is 5. The van der Waals surface area contributed by atoms with E-state index in [2.05, 4.69) is 17.6 Å². The van der Waals surface area contributed by atoms with Gasteiger partial charge < -0.3 is 25.0 Å². The maximum atomic E-state index is 14.0. The van der Waals surface area contributed by atoms with Gasteiger partial charge in [0, 0.05) is 12.2 Å². The lowest BCUT2D eigenvalue weighted by Gasteiger charge is -2.34. The van der Waals surface area contributed by atoms with E-state index in [1.165, 1.54) is 6.42 Å². The van der Waals surface area contributed by atoms with E-state index in [0.717, 1.165) is 48.8 Å². The molecule has 0 fully saturated rings. The molecule has 0 aliphatic rings. The summed E-state index contributed by atoms with van der Waals surface area (Å²) in [5.41, 5.74) is 2.53. The van der Waals surface area contributed by atoms with Crippen molar-refractivity contribution < 1.29 is 23.9 Å². The van der Waals surface area contributed by atoms with Gasteiger partial charge in [-0.1, -0.05) is 62.8 Å². The number of ether oxygens (including phenoxy) is 2. The number of carbonyl (C=O) groups excluding carboxylic acids is 3. The van der Waals surface area contributed by atoms with Crippen molar-refractivity contribution in [1.29, 1.82) is 0 Å². The molecule has 8 heteroatoms. The average molecular weight is 568 g/mol. The Hall–Kier alpha value is -3.55. The lowest BCUT2D eigenvalue weighted by Crippen LogP contribution is -2.51. The fraction of sp³-hybridized carbons (Fsp3) is 0.545. The molecule has 0 radical (unpaired) electrons. The van der Waals surface area contributed by atoms with E-state index in [4.69, 9.17) is 9.47 Å². The molecule has 226 valence electrons. The van der Waals surface area contributed by atoms with Crippen molar-refractivity contribution in [3.8, 4) is 5.75 Å². The fourth-order valence-corrected chi connectivity index (χ4v) is 4.61. The van der Waals surface area contributed by atoms with Gasteiger partial charge in [0.2, 0.25) is 5.91 Å². The number of carbonyl (C=O) groups is 3. The first kappa shape index (κ1) is 33.7. The highest BCUT2D eigenvalue weighted by Gasteiger charge is 2.35. The number of nitrogens with one attached hydrogen (secondary N) is 2. The number of hydrogen-bond donors (Lipinski definition) is 2. The molecule has 2 unspecified atom stereocenters. The Kier molecular flexibility index (Phi) is 13.2. The molecule has 2 aromatic carbocycles. The summed E-state index contributed by atoms with van der Waals surface area (Å²) in [6, 6.07) is 11.2. The minimum Gasteiger partial charge on any atom is -0.497 e. The summed E-state index contributed by atoms with van der Waals surface area (Å²) in [4.78, 5) is 42.2. The quantitative estimate of drug-likeness (QED) is 0.238. The number of anilines is 1. The highest BCUT2D eigenvalue weighted by Crippen LogP contribution is 2.29. The average Bonchev–Trinajstić information content (AvgIpc) is 2.90. The lowest BCUT2D eigenvalue weighted by atomic mass is 9.95. The van der Waals surface area contributed by atoms with Crippen LogP contribution in [0.5, 0.6) is 5.75 Å². The standard InChI is InChI=1S/C33H49N3O5/c1-9-10-11-12-13-14-21-36(31(38)25(4)34-32(39)41-33(5,6)7)29(28-22-23(2)15-16-24(28)3)30(37)35-26-17-19-27(40-8)20-18-26/h15-20,22,25,29H,9-14,21H2,1-8H3,(H,34,39)(H,35,37). The zero-order chi connectivity index (χ0) is 30.6. The van der Waals surface area contributed by atoms with Gasteiger partial charge in [0.25, 0.3) is 5.91 Å². The minimum atomic E-state index is -0.900. The molecular formula is C33H49N3O5. The van der Waals surface area contributed by atoms with Gasteiger partial charge >= 0.3 is 6.09 Å². The van der Waals surface area contributed by atoms with E-state index in [9.17, 15) is 14.4 Å². The van der Waals surface area contributed by atoms with E-state index in [1.54, 1.807) is 64.0 Å². The zero-order valence-electron chi connectivity index (χ0n) is 26.1. The molecule has 0 heterocycles. The predicted molar refractivity (Wildman–Crippen MR) is 164 cm³/mol. The molecule has 2 N–H and O–H groups in total. The van der Waals surface area contributed by atoms with Crippen molar-refractivity contribution in [2.45, 2.75) is 105 Å². The first-order valence-electron chi connectivity index (χ1n) is 14.7. The SMILES string of the molecule is CCCCCCCCN(C(=O)C(C)NC(=O)OC(C)(C)C)C(C(=O)Nc1ccc(OC)cc1)c1cc(C)ccc1C. The molecule has 0 saturated heterocycles. The molecule has 2 aromatic rings. The van der Waals surface area contributed by atoms with Gasteiger partial charge in [-0.25, -0.2) is 4.79 Å². The number of amides is 3. The Balaban J connectivity index is 2.45. The van der Waals surface area contributed by atoms with Crippen molar-refractivity contribution in [2.75, 3.05) is 19.0 Å². The van der Waals surface area contributed by atoms with Gasteiger partial charge in [-0.05, 0) is 83.4 Å². The van der Waals surface area contributed by atoms with Gasteiger partial charge in [0.1, 0.15) is 23.4 Å². The second kappa shape index (κ2) is 16.0. The number of nitrogens with zero attached hydrogens (tertiary/aromatic N) is 1. The molecule has 0 aliphatic heterocycles. The van der Waals surface area contributed by atoms with Crippen molar-refractivity contribution >= 4 is 23.6 Å². The van der Waals surface area contributed by atoms with E-state index < -0.39 is 23.8 Å². The third-order valence-electron chi connectivity index (χ3n) is 6.79. The van der Waals surface area contributed by atoms with Crippen LogP contribution >= 0.6 is 0 Å². The molecule has 8 nitrogen and oxygen atoms in total. The van der Waals surface area contributed by atoms with Gasteiger partial charge in [-0.15, -0.1) is 0 Å². The monoisotopic (exact) mass is 567 g/mol. The molecule has 2 atom stereocenters. The van der Waals surface area contributed by atoms with Crippen LogP contribution < -0.4 is 15.4 Å². The number of methoxy groups -OCH3 is 1. The third kappa shape index (κ3) is 11.1. The number of rotatable bonds is 14. The Morgan fingerprint density at radius 2 is 1.56 bits per heavy atom. The number of benzene rings is 2.